The molecule has 0 heterocycles. The third-order valence-electron chi connectivity index (χ3n) is 3.20. The van der Waals surface area contributed by atoms with E-state index in [-0.39, 0.29) is 0 Å². The van der Waals surface area contributed by atoms with Crippen molar-refractivity contribution >= 4 is 10.1 Å². The summed E-state index contributed by atoms with van der Waals surface area (Å²) in [6.07, 6.45) is 1.74. The summed E-state index contributed by atoms with van der Waals surface area (Å²) in [5.74, 6) is 0.911. The summed E-state index contributed by atoms with van der Waals surface area (Å²) < 4.78 is 31.0. The highest BCUT2D eigenvalue weighted by Gasteiger charge is 2.03. The lowest BCUT2D eigenvalue weighted by atomic mass is 10.1. The summed E-state index contributed by atoms with van der Waals surface area (Å²) in [5, 5.41) is 3.54. The molecule has 0 amide bonds. The van der Waals surface area contributed by atoms with Crippen molar-refractivity contribution in [3.8, 4) is 5.75 Å². The Balaban J connectivity index is 0.000000505. The Labute approximate surface area is 144 Å². The molecule has 24 heavy (non-hydrogen) atoms. The largest absolute Gasteiger partial charge is 0.497 e. The van der Waals surface area contributed by atoms with Gasteiger partial charge in [0.1, 0.15) is 5.75 Å². The molecule has 2 aromatic carbocycles. The quantitative estimate of drug-likeness (QED) is 0.783. The van der Waals surface area contributed by atoms with Gasteiger partial charge in [0.2, 0.25) is 0 Å². The lowest BCUT2D eigenvalue weighted by Gasteiger charge is -2.14. The standard InChI is InChI=1S/C17H21NO.CH4O3S/c1-14(18-13-16-6-4-3-5-7-16)12-15-8-10-17(19-2)11-9-15;1-5(2,3)4/h3-11,14,18H,12-13H2,1-2H3;1H3,(H,2,3,4)/t14-;/m1./s1. The highest BCUT2D eigenvalue weighted by Crippen LogP contribution is 2.12. The summed E-state index contributed by atoms with van der Waals surface area (Å²) in [5.41, 5.74) is 2.65. The number of hydrogen-bond acceptors (Lipinski definition) is 4. The summed E-state index contributed by atoms with van der Waals surface area (Å²) in [6, 6.07) is 19.2. The number of hydrogen-bond donors (Lipinski definition) is 2. The average molecular weight is 351 g/mol. The van der Waals surface area contributed by atoms with E-state index in [1.165, 1.54) is 11.1 Å². The Morgan fingerprint density at radius 2 is 1.58 bits per heavy atom. The fourth-order valence-corrected chi connectivity index (χ4v) is 2.08. The molecular formula is C18H25NO4S. The Kier molecular flexibility index (Phi) is 8.46. The molecule has 0 saturated carbocycles. The molecule has 0 saturated heterocycles. The normalized spacial score (nSPS) is 12.0. The van der Waals surface area contributed by atoms with Gasteiger partial charge < -0.3 is 10.1 Å². The molecule has 132 valence electrons. The lowest BCUT2D eigenvalue weighted by Crippen LogP contribution is -2.27. The van der Waals surface area contributed by atoms with Crippen molar-refractivity contribution in [2.75, 3.05) is 13.4 Å². The van der Waals surface area contributed by atoms with Gasteiger partial charge in [0.15, 0.2) is 0 Å². The second kappa shape index (κ2) is 10.1. The SMILES string of the molecule is COc1ccc(C[C@@H](C)NCc2ccccc2)cc1.CS(=O)(=O)O. The molecule has 0 aliphatic rings. The smallest absolute Gasteiger partial charge is 0.261 e. The number of rotatable bonds is 6. The first-order chi connectivity index (χ1) is 11.3. The van der Waals surface area contributed by atoms with Gasteiger partial charge in [0, 0.05) is 12.6 Å². The predicted molar refractivity (Wildman–Crippen MR) is 96.9 cm³/mol. The van der Waals surface area contributed by atoms with E-state index in [1.54, 1.807) is 7.11 Å². The molecule has 0 bridgehead atoms. The third-order valence-corrected chi connectivity index (χ3v) is 3.20. The van der Waals surface area contributed by atoms with Crippen LogP contribution >= 0.6 is 0 Å². The van der Waals surface area contributed by atoms with E-state index in [0.29, 0.717) is 12.3 Å². The first-order valence-corrected chi connectivity index (χ1v) is 9.45. The Bertz CT molecular complexity index is 677. The van der Waals surface area contributed by atoms with Gasteiger partial charge in [-0.2, -0.15) is 8.42 Å². The van der Waals surface area contributed by atoms with E-state index in [4.69, 9.17) is 9.29 Å². The van der Waals surface area contributed by atoms with Gasteiger partial charge in [-0.3, -0.25) is 4.55 Å². The first kappa shape index (κ1) is 20.2. The van der Waals surface area contributed by atoms with Crippen LogP contribution in [0, 0.1) is 0 Å². The van der Waals surface area contributed by atoms with Gasteiger partial charge in [-0.25, -0.2) is 0 Å². The maximum Gasteiger partial charge on any atom is 0.261 e. The molecule has 0 fully saturated rings. The molecule has 2 aromatic rings. The van der Waals surface area contributed by atoms with Crippen LogP contribution in [0.1, 0.15) is 18.1 Å². The summed E-state index contributed by atoms with van der Waals surface area (Å²) >= 11 is 0. The van der Waals surface area contributed by atoms with Crippen molar-refractivity contribution in [3.63, 3.8) is 0 Å². The minimum atomic E-state index is -3.67. The topological polar surface area (TPSA) is 75.6 Å². The van der Waals surface area contributed by atoms with E-state index in [1.807, 2.05) is 18.2 Å². The first-order valence-electron chi connectivity index (χ1n) is 7.60. The molecule has 0 aliphatic carbocycles. The van der Waals surface area contributed by atoms with Crippen LogP contribution < -0.4 is 10.1 Å². The molecule has 0 aromatic heterocycles. The van der Waals surface area contributed by atoms with E-state index >= 15 is 0 Å². The zero-order valence-electron chi connectivity index (χ0n) is 14.3. The van der Waals surface area contributed by atoms with Gasteiger partial charge in [0.05, 0.1) is 13.4 Å². The molecule has 0 radical (unpaired) electrons. The lowest BCUT2D eigenvalue weighted by molar-refractivity contribution is 0.414. The van der Waals surface area contributed by atoms with Gasteiger partial charge >= 0.3 is 0 Å². The zero-order valence-corrected chi connectivity index (χ0v) is 15.1. The van der Waals surface area contributed by atoms with Crippen molar-refractivity contribution in [2.24, 2.45) is 0 Å². The Hall–Kier alpha value is -1.89. The number of nitrogens with one attached hydrogen (secondary N) is 1. The average Bonchev–Trinajstić information content (AvgIpc) is 2.53. The second-order valence-electron chi connectivity index (χ2n) is 5.55. The van der Waals surface area contributed by atoms with Crippen molar-refractivity contribution < 1.29 is 17.7 Å². The molecule has 1 atom stereocenters. The third kappa shape index (κ3) is 9.99. The van der Waals surface area contributed by atoms with Crippen LogP contribution in [0.2, 0.25) is 0 Å². The zero-order chi connectivity index (χ0) is 18.0. The molecule has 2 N–H and O–H groups in total. The highest BCUT2D eigenvalue weighted by atomic mass is 32.2. The molecule has 5 nitrogen and oxygen atoms in total. The van der Waals surface area contributed by atoms with Crippen LogP contribution in [-0.2, 0) is 23.1 Å². The minimum absolute atomic E-state index is 0.452. The molecule has 0 aliphatic heterocycles. The maximum atomic E-state index is 9.19. The molecule has 0 unspecified atom stereocenters. The maximum absolute atomic E-state index is 9.19. The van der Waals surface area contributed by atoms with Crippen LogP contribution in [0.25, 0.3) is 0 Å². The minimum Gasteiger partial charge on any atom is -0.497 e. The molecule has 6 heteroatoms. The van der Waals surface area contributed by atoms with Crippen molar-refractivity contribution in [2.45, 2.75) is 25.9 Å². The van der Waals surface area contributed by atoms with Crippen LogP contribution in [0.4, 0.5) is 0 Å². The van der Waals surface area contributed by atoms with Gasteiger partial charge in [-0.05, 0) is 36.6 Å². The predicted octanol–water partition coefficient (Wildman–Crippen LogP) is 2.92. The van der Waals surface area contributed by atoms with Crippen LogP contribution in [0.5, 0.6) is 5.75 Å². The molecule has 2 rings (SSSR count). The fourth-order valence-electron chi connectivity index (χ4n) is 2.08. The Morgan fingerprint density at radius 1 is 1.04 bits per heavy atom. The van der Waals surface area contributed by atoms with E-state index < -0.39 is 10.1 Å². The fraction of sp³-hybridized carbons (Fsp3) is 0.333. The van der Waals surface area contributed by atoms with Gasteiger partial charge in [-0.15, -0.1) is 0 Å². The monoisotopic (exact) mass is 351 g/mol. The second-order valence-corrected chi connectivity index (χ2v) is 7.02. The van der Waals surface area contributed by atoms with Crippen LogP contribution in [0.15, 0.2) is 54.6 Å². The summed E-state index contributed by atoms with van der Waals surface area (Å²) in [4.78, 5) is 0. The summed E-state index contributed by atoms with van der Waals surface area (Å²) in [6.45, 7) is 3.13. The van der Waals surface area contributed by atoms with Gasteiger partial charge in [-0.1, -0.05) is 42.5 Å². The number of ether oxygens (including phenoxy) is 1. The van der Waals surface area contributed by atoms with Crippen molar-refractivity contribution in [3.05, 3.63) is 65.7 Å². The number of benzene rings is 2. The molecule has 0 spiro atoms. The van der Waals surface area contributed by atoms with Crippen molar-refractivity contribution in [1.29, 1.82) is 0 Å². The van der Waals surface area contributed by atoms with Crippen LogP contribution in [-0.4, -0.2) is 32.4 Å². The van der Waals surface area contributed by atoms with Gasteiger partial charge in [0.25, 0.3) is 10.1 Å². The Morgan fingerprint density at radius 3 is 2.08 bits per heavy atom. The van der Waals surface area contributed by atoms with E-state index in [2.05, 4.69) is 48.6 Å². The molecular weight excluding hydrogens is 326 g/mol. The highest BCUT2D eigenvalue weighted by molar-refractivity contribution is 7.85. The van der Waals surface area contributed by atoms with Crippen molar-refractivity contribution in [1.82, 2.24) is 5.32 Å². The van der Waals surface area contributed by atoms with E-state index in [9.17, 15) is 8.42 Å². The van der Waals surface area contributed by atoms with E-state index in [0.717, 1.165) is 18.7 Å². The summed E-state index contributed by atoms with van der Waals surface area (Å²) in [7, 11) is -1.97. The van der Waals surface area contributed by atoms with Crippen LogP contribution in [0.3, 0.4) is 0 Å². The number of methoxy groups -OCH3 is 1.